The molecular weight excluding hydrogens is 174 g/mol. The van der Waals surface area contributed by atoms with Crippen molar-refractivity contribution in [2.24, 2.45) is 5.92 Å². The van der Waals surface area contributed by atoms with Crippen molar-refractivity contribution < 1.29 is 4.74 Å². The molecule has 0 spiro atoms. The second-order valence-corrected chi connectivity index (χ2v) is 4.49. The number of nitrogens with zero attached hydrogens (tertiary/aromatic N) is 1. The lowest BCUT2D eigenvalue weighted by Crippen LogP contribution is -2.37. The van der Waals surface area contributed by atoms with E-state index in [0.29, 0.717) is 18.1 Å². The van der Waals surface area contributed by atoms with Gasteiger partial charge in [0, 0.05) is 19.7 Å². The molecule has 0 N–H and O–H groups in total. The van der Waals surface area contributed by atoms with E-state index in [2.05, 4.69) is 39.6 Å². The van der Waals surface area contributed by atoms with Crippen LogP contribution in [0.3, 0.4) is 0 Å². The van der Waals surface area contributed by atoms with Gasteiger partial charge in [-0.1, -0.05) is 34.1 Å². The molecule has 1 fully saturated rings. The SMILES string of the molecule is CCC.CO[C@H]1CCN(C)[C@@H]1C(C)C. The molecule has 1 aliphatic rings. The fourth-order valence-corrected chi connectivity index (χ4v) is 2.13. The van der Waals surface area contributed by atoms with Gasteiger partial charge in [0.25, 0.3) is 0 Å². The largest absolute Gasteiger partial charge is 0.380 e. The number of likely N-dealkylation sites (N-methyl/N-ethyl adjacent to an activating group) is 1. The van der Waals surface area contributed by atoms with Gasteiger partial charge in [-0.2, -0.15) is 0 Å². The molecule has 2 heteroatoms. The van der Waals surface area contributed by atoms with Gasteiger partial charge in [0.2, 0.25) is 0 Å². The van der Waals surface area contributed by atoms with E-state index in [1.807, 2.05) is 7.11 Å². The molecule has 0 aliphatic carbocycles. The molecule has 0 bridgehead atoms. The van der Waals surface area contributed by atoms with Crippen molar-refractivity contribution in [3.63, 3.8) is 0 Å². The van der Waals surface area contributed by atoms with E-state index in [-0.39, 0.29) is 0 Å². The van der Waals surface area contributed by atoms with Gasteiger partial charge in [-0.3, -0.25) is 0 Å². The minimum Gasteiger partial charge on any atom is -0.380 e. The van der Waals surface area contributed by atoms with Crippen LogP contribution >= 0.6 is 0 Å². The van der Waals surface area contributed by atoms with Gasteiger partial charge in [0.15, 0.2) is 0 Å². The number of rotatable bonds is 2. The van der Waals surface area contributed by atoms with Crippen molar-refractivity contribution in [1.82, 2.24) is 4.90 Å². The van der Waals surface area contributed by atoms with E-state index in [4.69, 9.17) is 4.74 Å². The van der Waals surface area contributed by atoms with Crippen molar-refractivity contribution in [3.8, 4) is 0 Å². The van der Waals surface area contributed by atoms with Crippen LogP contribution in [0, 0.1) is 5.92 Å². The molecule has 1 aliphatic heterocycles. The average molecular weight is 201 g/mol. The summed E-state index contributed by atoms with van der Waals surface area (Å²) in [5, 5.41) is 0. The summed E-state index contributed by atoms with van der Waals surface area (Å²) in [7, 11) is 4.00. The van der Waals surface area contributed by atoms with Crippen LogP contribution in [0.5, 0.6) is 0 Å². The van der Waals surface area contributed by atoms with Gasteiger partial charge in [-0.05, 0) is 19.4 Å². The Morgan fingerprint density at radius 3 is 2.14 bits per heavy atom. The van der Waals surface area contributed by atoms with E-state index in [0.717, 1.165) is 0 Å². The lowest BCUT2D eigenvalue weighted by Gasteiger charge is -2.27. The fourth-order valence-electron chi connectivity index (χ4n) is 2.13. The Morgan fingerprint density at radius 1 is 1.36 bits per heavy atom. The summed E-state index contributed by atoms with van der Waals surface area (Å²) in [6, 6.07) is 0.625. The molecule has 0 amide bonds. The van der Waals surface area contributed by atoms with Crippen LogP contribution in [-0.4, -0.2) is 37.7 Å². The molecule has 0 aromatic rings. The highest BCUT2D eigenvalue weighted by Crippen LogP contribution is 2.24. The Bertz CT molecular complexity index is 136. The molecule has 0 aromatic heterocycles. The first-order valence-corrected chi connectivity index (χ1v) is 5.81. The second-order valence-electron chi connectivity index (χ2n) is 4.49. The first kappa shape index (κ1) is 13.9. The van der Waals surface area contributed by atoms with Gasteiger partial charge in [0.1, 0.15) is 0 Å². The quantitative estimate of drug-likeness (QED) is 0.681. The predicted molar refractivity (Wildman–Crippen MR) is 62.6 cm³/mol. The van der Waals surface area contributed by atoms with Gasteiger partial charge in [-0.15, -0.1) is 0 Å². The maximum Gasteiger partial charge on any atom is 0.0741 e. The molecule has 0 unspecified atom stereocenters. The first-order valence-electron chi connectivity index (χ1n) is 5.81. The molecule has 1 saturated heterocycles. The third-order valence-electron chi connectivity index (χ3n) is 2.64. The summed E-state index contributed by atoms with van der Waals surface area (Å²) in [5.41, 5.74) is 0. The van der Waals surface area contributed by atoms with Crippen LogP contribution in [-0.2, 0) is 4.74 Å². The van der Waals surface area contributed by atoms with Crippen molar-refractivity contribution in [2.45, 2.75) is 52.7 Å². The molecule has 0 radical (unpaired) electrons. The van der Waals surface area contributed by atoms with E-state index < -0.39 is 0 Å². The topological polar surface area (TPSA) is 12.5 Å². The summed E-state index contributed by atoms with van der Waals surface area (Å²) in [4.78, 5) is 2.40. The Kier molecular flexibility index (Phi) is 7.20. The molecule has 86 valence electrons. The van der Waals surface area contributed by atoms with Crippen molar-refractivity contribution in [3.05, 3.63) is 0 Å². The second kappa shape index (κ2) is 7.24. The minimum absolute atomic E-state index is 0.458. The Morgan fingerprint density at radius 2 is 1.86 bits per heavy atom. The first-order chi connectivity index (χ1) is 6.58. The lowest BCUT2D eigenvalue weighted by molar-refractivity contribution is 0.0531. The Balaban J connectivity index is 0.000000500. The number of ether oxygens (including phenoxy) is 1. The van der Waals surface area contributed by atoms with Gasteiger partial charge < -0.3 is 9.64 Å². The number of methoxy groups -OCH3 is 1. The maximum atomic E-state index is 5.41. The van der Waals surface area contributed by atoms with E-state index >= 15 is 0 Å². The lowest BCUT2D eigenvalue weighted by atomic mass is 10.00. The van der Waals surface area contributed by atoms with Crippen LogP contribution in [0.15, 0.2) is 0 Å². The van der Waals surface area contributed by atoms with Crippen molar-refractivity contribution in [2.75, 3.05) is 20.7 Å². The van der Waals surface area contributed by atoms with Gasteiger partial charge in [-0.25, -0.2) is 0 Å². The molecule has 0 aromatic carbocycles. The number of hydrogen-bond acceptors (Lipinski definition) is 2. The highest BCUT2D eigenvalue weighted by molar-refractivity contribution is 4.87. The summed E-state index contributed by atoms with van der Waals surface area (Å²) in [5.74, 6) is 0.701. The van der Waals surface area contributed by atoms with Crippen LogP contribution in [0.25, 0.3) is 0 Å². The monoisotopic (exact) mass is 201 g/mol. The smallest absolute Gasteiger partial charge is 0.0741 e. The highest BCUT2D eigenvalue weighted by atomic mass is 16.5. The number of hydrogen-bond donors (Lipinski definition) is 0. The van der Waals surface area contributed by atoms with Crippen LogP contribution in [0.2, 0.25) is 0 Å². The van der Waals surface area contributed by atoms with Gasteiger partial charge >= 0.3 is 0 Å². The van der Waals surface area contributed by atoms with Crippen LogP contribution < -0.4 is 0 Å². The molecule has 2 atom stereocenters. The minimum atomic E-state index is 0.458. The third-order valence-corrected chi connectivity index (χ3v) is 2.64. The molecule has 2 nitrogen and oxygen atoms in total. The predicted octanol–water partition coefficient (Wildman–Crippen LogP) is 2.78. The average Bonchev–Trinajstić information content (AvgIpc) is 2.47. The summed E-state index contributed by atoms with van der Waals surface area (Å²) in [6.45, 7) is 9.96. The van der Waals surface area contributed by atoms with E-state index in [9.17, 15) is 0 Å². The summed E-state index contributed by atoms with van der Waals surface area (Å²) < 4.78 is 5.41. The van der Waals surface area contributed by atoms with E-state index in [1.165, 1.54) is 19.4 Å². The zero-order valence-corrected chi connectivity index (χ0v) is 10.7. The summed E-state index contributed by atoms with van der Waals surface area (Å²) in [6.07, 6.45) is 2.90. The standard InChI is InChI=1S/C9H19NO.C3H8/c1-7(2)9-8(11-4)5-6-10(9)3;1-3-2/h7-9H,5-6H2,1-4H3;3H2,1-2H3/t8-,9+;/m0./s1. The van der Waals surface area contributed by atoms with Crippen molar-refractivity contribution >= 4 is 0 Å². The molecule has 14 heavy (non-hydrogen) atoms. The molecular formula is C12H27NO. The molecule has 1 rings (SSSR count). The zero-order chi connectivity index (χ0) is 11.1. The van der Waals surface area contributed by atoms with Crippen LogP contribution in [0.4, 0.5) is 0 Å². The molecule has 1 heterocycles. The van der Waals surface area contributed by atoms with Crippen LogP contribution in [0.1, 0.15) is 40.5 Å². The Hall–Kier alpha value is -0.0800. The Labute approximate surface area is 89.6 Å². The fraction of sp³-hybridized carbons (Fsp3) is 1.00. The van der Waals surface area contributed by atoms with Gasteiger partial charge in [0.05, 0.1) is 6.10 Å². The normalized spacial score (nSPS) is 27.6. The van der Waals surface area contributed by atoms with E-state index in [1.54, 1.807) is 0 Å². The highest BCUT2D eigenvalue weighted by Gasteiger charge is 2.33. The maximum absolute atomic E-state index is 5.41. The zero-order valence-electron chi connectivity index (χ0n) is 10.7. The van der Waals surface area contributed by atoms with Crippen molar-refractivity contribution in [1.29, 1.82) is 0 Å². The summed E-state index contributed by atoms with van der Waals surface area (Å²) >= 11 is 0. The third kappa shape index (κ3) is 3.97. The number of likely N-dealkylation sites (tertiary alicyclic amines) is 1. The molecule has 0 saturated carbocycles.